The first-order chi connectivity index (χ1) is 24.0. The van der Waals surface area contributed by atoms with Gasteiger partial charge in [-0.2, -0.15) is 0 Å². The van der Waals surface area contributed by atoms with E-state index in [0.29, 0.717) is 36.2 Å². The minimum Gasteiger partial charge on any atom is -0.449 e. The number of ether oxygens (including phenoxy) is 3. The Kier molecular flexibility index (Phi) is 12.3. The Hall–Kier alpha value is -4.69. The minimum atomic E-state index is -3.63. The number of benzene rings is 4. The number of sulfone groups is 1. The van der Waals surface area contributed by atoms with Crippen molar-refractivity contribution in [3.05, 3.63) is 125 Å². The molecule has 0 aromatic heterocycles. The van der Waals surface area contributed by atoms with Crippen LogP contribution in [0.15, 0.2) is 102 Å². The fraction of sp³-hybridized carbons (Fsp3) is 0.297. The number of amides is 2. The molecule has 1 saturated carbocycles. The molecule has 2 amide bonds. The summed E-state index contributed by atoms with van der Waals surface area (Å²) in [5.74, 6) is -0.383. The lowest BCUT2D eigenvalue weighted by atomic mass is 9.78. The molecule has 11 nitrogen and oxygen atoms in total. The monoisotopic (exact) mass is 700 g/mol. The Morgan fingerprint density at radius 1 is 0.880 bits per heavy atom. The maximum absolute atomic E-state index is 13.3. The average Bonchev–Trinajstić information content (AvgIpc) is 3.97. The van der Waals surface area contributed by atoms with Gasteiger partial charge in [0.05, 0.1) is 29.9 Å². The van der Waals surface area contributed by atoms with Crippen molar-refractivity contribution in [1.29, 1.82) is 0 Å². The second-order valence-corrected chi connectivity index (χ2v) is 14.6. The molecular formula is C37H41BN2O9S. The van der Waals surface area contributed by atoms with Crippen LogP contribution in [0.4, 0.5) is 15.3 Å². The van der Waals surface area contributed by atoms with Gasteiger partial charge in [0.15, 0.2) is 9.84 Å². The highest BCUT2D eigenvalue weighted by molar-refractivity contribution is 7.92. The molecule has 0 saturated heterocycles. The molecular weight excluding hydrogens is 659 g/mol. The Morgan fingerprint density at radius 2 is 1.54 bits per heavy atom. The number of carbonyl (C=O) groups excluding carboxylic acids is 2. The predicted octanol–water partition coefficient (Wildman–Crippen LogP) is 4.93. The smallest absolute Gasteiger partial charge is 0.449 e. The standard InChI is InChI=1S/C37H41BN2O9S/c1-26-19-31(38(43)44)13-17-34(26)30(24-47-22-27-9-5-3-6-10-27)25-48-36(41)39-32-14-18-35(50(45,46)33-15-16-33)29(20-32)21-40(2)37(42)49-23-28-11-7-4-8-12-28/h3-14,17-20,30,33,43-44H,15-16,21-25H2,1-2H3,(H,39,41)/t30-/m0/s1. The molecule has 1 atom stereocenters. The van der Waals surface area contributed by atoms with Gasteiger partial charge in [-0.3, -0.25) is 5.32 Å². The molecule has 4 aromatic rings. The van der Waals surface area contributed by atoms with Crippen LogP contribution in [-0.4, -0.2) is 68.2 Å². The molecule has 1 aliphatic rings. The van der Waals surface area contributed by atoms with Gasteiger partial charge in [-0.05, 0) is 71.2 Å². The largest absolute Gasteiger partial charge is 0.488 e. The van der Waals surface area contributed by atoms with Gasteiger partial charge in [0, 0.05) is 18.7 Å². The highest BCUT2D eigenvalue weighted by Crippen LogP contribution is 2.36. The van der Waals surface area contributed by atoms with Crippen molar-refractivity contribution in [2.75, 3.05) is 25.6 Å². The molecule has 0 unspecified atom stereocenters. The van der Waals surface area contributed by atoms with Gasteiger partial charge in [0.25, 0.3) is 0 Å². The van der Waals surface area contributed by atoms with E-state index in [0.717, 1.165) is 22.3 Å². The Labute approximate surface area is 292 Å². The number of nitrogens with one attached hydrogen (secondary N) is 1. The molecule has 4 aromatic carbocycles. The van der Waals surface area contributed by atoms with Crippen LogP contribution in [0.3, 0.4) is 0 Å². The number of anilines is 1. The first-order valence-electron chi connectivity index (χ1n) is 16.3. The van der Waals surface area contributed by atoms with E-state index in [9.17, 15) is 28.1 Å². The van der Waals surface area contributed by atoms with Crippen molar-refractivity contribution in [3.63, 3.8) is 0 Å². The van der Waals surface area contributed by atoms with Crippen molar-refractivity contribution in [3.8, 4) is 0 Å². The zero-order valence-corrected chi connectivity index (χ0v) is 28.8. The second kappa shape index (κ2) is 16.8. The first kappa shape index (κ1) is 36.6. The van der Waals surface area contributed by atoms with E-state index in [4.69, 9.17) is 14.2 Å². The summed E-state index contributed by atoms with van der Waals surface area (Å²) < 4.78 is 43.7. The summed E-state index contributed by atoms with van der Waals surface area (Å²) in [6, 6.07) is 28.4. The van der Waals surface area contributed by atoms with Gasteiger partial charge in [-0.15, -0.1) is 0 Å². The Balaban J connectivity index is 1.27. The van der Waals surface area contributed by atoms with Crippen LogP contribution in [0.2, 0.25) is 0 Å². The van der Waals surface area contributed by atoms with Crippen LogP contribution in [-0.2, 0) is 43.8 Å². The third kappa shape index (κ3) is 9.94. The number of hydrogen-bond acceptors (Lipinski definition) is 9. The topological polar surface area (TPSA) is 152 Å². The molecule has 1 aliphatic carbocycles. The van der Waals surface area contributed by atoms with E-state index in [-0.39, 0.29) is 37.2 Å². The molecule has 262 valence electrons. The molecule has 13 heteroatoms. The molecule has 0 heterocycles. The highest BCUT2D eigenvalue weighted by atomic mass is 32.2. The lowest BCUT2D eigenvalue weighted by Crippen LogP contribution is -2.30. The van der Waals surface area contributed by atoms with Gasteiger partial charge in [0.1, 0.15) is 13.2 Å². The van der Waals surface area contributed by atoms with Crippen molar-refractivity contribution in [2.45, 2.75) is 55.6 Å². The first-order valence-corrected chi connectivity index (χ1v) is 17.9. The molecule has 0 radical (unpaired) electrons. The van der Waals surface area contributed by atoms with E-state index in [1.165, 1.54) is 30.1 Å². The fourth-order valence-corrected chi connectivity index (χ4v) is 7.40. The lowest BCUT2D eigenvalue weighted by molar-refractivity contribution is 0.0804. The van der Waals surface area contributed by atoms with Crippen molar-refractivity contribution >= 4 is 40.3 Å². The number of aryl methyl sites for hydroxylation is 1. The van der Waals surface area contributed by atoms with Gasteiger partial charge >= 0.3 is 19.3 Å². The van der Waals surface area contributed by atoms with Crippen LogP contribution < -0.4 is 10.8 Å². The molecule has 0 aliphatic heterocycles. The number of nitrogens with zero attached hydrogens (tertiary/aromatic N) is 1. The van der Waals surface area contributed by atoms with E-state index in [1.54, 1.807) is 18.2 Å². The number of carbonyl (C=O) groups is 2. The van der Waals surface area contributed by atoms with Crippen molar-refractivity contribution in [2.24, 2.45) is 0 Å². The summed E-state index contributed by atoms with van der Waals surface area (Å²) >= 11 is 0. The van der Waals surface area contributed by atoms with Gasteiger partial charge in [-0.25, -0.2) is 18.0 Å². The van der Waals surface area contributed by atoms with E-state index < -0.39 is 34.4 Å². The normalized spacial score (nSPS) is 13.3. The van der Waals surface area contributed by atoms with Crippen LogP contribution in [0, 0.1) is 6.92 Å². The number of rotatable bonds is 15. The summed E-state index contributed by atoms with van der Waals surface area (Å²) in [5, 5.41) is 21.4. The SMILES string of the molecule is Cc1cc(B(O)O)ccc1[C@@H](COCc1ccccc1)COC(=O)Nc1ccc(S(=O)(=O)C2CC2)c(CN(C)C(=O)OCc2ccccc2)c1. The lowest BCUT2D eigenvalue weighted by Gasteiger charge is -2.21. The zero-order valence-electron chi connectivity index (χ0n) is 28.0. The van der Waals surface area contributed by atoms with Gasteiger partial charge in [-0.1, -0.05) is 78.9 Å². The Bertz CT molecular complexity index is 1870. The molecule has 50 heavy (non-hydrogen) atoms. The fourth-order valence-electron chi connectivity index (χ4n) is 5.53. The summed E-state index contributed by atoms with van der Waals surface area (Å²) in [4.78, 5) is 27.3. The molecule has 0 spiro atoms. The van der Waals surface area contributed by atoms with Crippen LogP contribution in [0.25, 0.3) is 0 Å². The van der Waals surface area contributed by atoms with Crippen molar-refractivity contribution < 1.29 is 42.3 Å². The van der Waals surface area contributed by atoms with Crippen LogP contribution >= 0.6 is 0 Å². The maximum Gasteiger partial charge on any atom is 0.488 e. The van der Waals surface area contributed by atoms with Crippen LogP contribution in [0.5, 0.6) is 0 Å². The second-order valence-electron chi connectivity index (χ2n) is 12.4. The Morgan fingerprint density at radius 3 is 2.16 bits per heavy atom. The number of hydrogen-bond donors (Lipinski definition) is 3. The molecule has 5 rings (SSSR count). The van der Waals surface area contributed by atoms with Crippen LogP contribution in [0.1, 0.15) is 46.6 Å². The molecule has 1 fully saturated rings. The van der Waals surface area contributed by atoms with E-state index >= 15 is 0 Å². The highest BCUT2D eigenvalue weighted by Gasteiger charge is 2.38. The third-order valence-electron chi connectivity index (χ3n) is 8.38. The average molecular weight is 701 g/mol. The summed E-state index contributed by atoms with van der Waals surface area (Å²) in [7, 11) is -3.73. The molecule has 3 N–H and O–H groups in total. The zero-order chi connectivity index (χ0) is 35.7. The molecule has 0 bridgehead atoms. The summed E-state index contributed by atoms with van der Waals surface area (Å²) in [6.07, 6.45) is -0.249. The van der Waals surface area contributed by atoms with Gasteiger partial charge < -0.3 is 29.2 Å². The summed E-state index contributed by atoms with van der Waals surface area (Å²) in [5.41, 5.74) is 4.36. The quantitative estimate of drug-likeness (QED) is 0.147. The van der Waals surface area contributed by atoms with E-state index in [1.807, 2.05) is 67.6 Å². The maximum atomic E-state index is 13.3. The summed E-state index contributed by atoms with van der Waals surface area (Å²) in [6.45, 7) is 2.34. The third-order valence-corrected chi connectivity index (χ3v) is 10.7. The van der Waals surface area contributed by atoms with Crippen molar-refractivity contribution in [1.82, 2.24) is 4.90 Å². The predicted molar refractivity (Wildman–Crippen MR) is 190 cm³/mol. The van der Waals surface area contributed by atoms with Gasteiger partial charge in [0.2, 0.25) is 0 Å². The minimum absolute atomic E-state index is 0.0561. The van der Waals surface area contributed by atoms with E-state index in [2.05, 4.69) is 5.32 Å².